The van der Waals surface area contributed by atoms with Crippen molar-refractivity contribution in [2.45, 2.75) is 45.8 Å². The summed E-state index contributed by atoms with van der Waals surface area (Å²) >= 11 is 0. The van der Waals surface area contributed by atoms with E-state index in [2.05, 4.69) is 5.32 Å². The molecule has 1 aromatic carbocycles. The van der Waals surface area contributed by atoms with E-state index in [1.54, 1.807) is 0 Å². The minimum Gasteiger partial charge on any atom is -0.445 e. The molecular weight excluding hydrogens is 332 g/mol. The maximum Gasteiger partial charge on any atom is 0.408 e. The first-order valence-corrected chi connectivity index (χ1v) is 9.02. The minimum absolute atomic E-state index is 0.0748. The molecule has 1 saturated heterocycles. The standard InChI is InChI=1S/C19H26N4O3/c1-3-15(2)17(18(24)23-12-8-7-11-22(23)14-20)21-19(25)26-13-16-9-5-4-6-10-16/h4-6,9-10,15,17H,3,7-8,11-13H2,1-2H3,(H,21,25). The summed E-state index contributed by atoms with van der Waals surface area (Å²) in [5, 5.41) is 14.8. The van der Waals surface area contributed by atoms with E-state index in [0.717, 1.165) is 24.8 Å². The highest BCUT2D eigenvalue weighted by atomic mass is 16.5. The van der Waals surface area contributed by atoms with Gasteiger partial charge in [-0.1, -0.05) is 50.6 Å². The zero-order valence-corrected chi connectivity index (χ0v) is 15.4. The molecule has 1 aromatic rings. The second-order valence-corrected chi connectivity index (χ2v) is 6.46. The summed E-state index contributed by atoms with van der Waals surface area (Å²) < 4.78 is 5.24. The fourth-order valence-electron chi connectivity index (χ4n) is 2.83. The Balaban J connectivity index is 2.00. The molecule has 26 heavy (non-hydrogen) atoms. The van der Waals surface area contributed by atoms with Crippen molar-refractivity contribution >= 4 is 12.0 Å². The van der Waals surface area contributed by atoms with Crippen LogP contribution in [0.3, 0.4) is 0 Å². The molecule has 2 amide bonds. The van der Waals surface area contributed by atoms with Crippen molar-refractivity contribution in [1.82, 2.24) is 15.3 Å². The third-order valence-electron chi connectivity index (χ3n) is 4.62. The Hall–Kier alpha value is -2.75. The van der Waals surface area contributed by atoms with Crippen LogP contribution in [0.4, 0.5) is 4.79 Å². The molecule has 2 unspecified atom stereocenters. The number of nitrogens with zero attached hydrogens (tertiary/aromatic N) is 3. The predicted molar refractivity (Wildman–Crippen MR) is 96.3 cm³/mol. The van der Waals surface area contributed by atoms with E-state index in [4.69, 9.17) is 4.74 Å². The molecule has 1 fully saturated rings. The van der Waals surface area contributed by atoms with Gasteiger partial charge in [0.2, 0.25) is 0 Å². The van der Waals surface area contributed by atoms with Crippen LogP contribution in [0.5, 0.6) is 0 Å². The van der Waals surface area contributed by atoms with E-state index in [0.29, 0.717) is 13.1 Å². The number of rotatable bonds is 6. The van der Waals surface area contributed by atoms with Crippen LogP contribution in [0.1, 0.15) is 38.7 Å². The average molecular weight is 358 g/mol. The molecule has 0 spiro atoms. The Bertz CT molecular complexity index is 644. The molecule has 7 nitrogen and oxygen atoms in total. The number of alkyl carbamates (subject to hydrolysis) is 1. The fourth-order valence-corrected chi connectivity index (χ4v) is 2.83. The SMILES string of the molecule is CCC(C)C(NC(=O)OCc1ccccc1)C(=O)N1CCCCN1C#N. The van der Waals surface area contributed by atoms with E-state index in [9.17, 15) is 14.9 Å². The molecule has 1 aliphatic rings. The summed E-state index contributed by atoms with van der Waals surface area (Å²) in [6.45, 7) is 5.01. The summed E-state index contributed by atoms with van der Waals surface area (Å²) in [5.41, 5.74) is 0.876. The van der Waals surface area contributed by atoms with Gasteiger partial charge in [0, 0.05) is 6.54 Å². The number of hydrogen-bond donors (Lipinski definition) is 1. The lowest BCUT2D eigenvalue weighted by atomic mass is 9.98. The highest BCUT2D eigenvalue weighted by molar-refractivity contribution is 5.85. The lowest BCUT2D eigenvalue weighted by molar-refractivity contribution is -0.150. The molecule has 2 rings (SSSR count). The predicted octanol–water partition coefficient (Wildman–Crippen LogP) is 2.65. The number of benzene rings is 1. The van der Waals surface area contributed by atoms with Crippen LogP contribution in [0.25, 0.3) is 0 Å². The Morgan fingerprint density at radius 2 is 1.96 bits per heavy atom. The van der Waals surface area contributed by atoms with E-state index < -0.39 is 12.1 Å². The summed E-state index contributed by atoms with van der Waals surface area (Å²) in [4.78, 5) is 25.1. The topological polar surface area (TPSA) is 85.7 Å². The molecule has 0 bridgehead atoms. The van der Waals surface area contributed by atoms with Gasteiger partial charge in [0.15, 0.2) is 6.19 Å². The Morgan fingerprint density at radius 3 is 2.62 bits per heavy atom. The number of nitrogens with one attached hydrogen (secondary N) is 1. The second-order valence-electron chi connectivity index (χ2n) is 6.46. The molecular formula is C19H26N4O3. The van der Waals surface area contributed by atoms with Crippen molar-refractivity contribution in [3.8, 4) is 6.19 Å². The van der Waals surface area contributed by atoms with E-state index in [-0.39, 0.29) is 18.4 Å². The molecule has 1 N–H and O–H groups in total. The number of hydrogen-bond acceptors (Lipinski definition) is 5. The van der Waals surface area contributed by atoms with Gasteiger partial charge in [0.25, 0.3) is 5.91 Å². The third-order valence-corrected chi connectivity index (χ3v) is 4.62. The molecule has 7 heteroatoms. The molecule has 2 atom stereocenters. The van der Waals surface area contributed by atoms with Gasteiger partial charge in [-0.2, -0.15) is 5.26 Å². The number of hydrazine groups is 1. The van der Waals surface area contributed by atoms with Crippen molar-refractivity contribution in [3.05, 3.63) is 35.9 Å². The second kappa shape index (κ2) is 9.66. The van der Waals surface area contributed by atoms with Crippen molar-refractivity contribution in [3.63, 3.8) is 0 Å². The van der Waals surface area contributed by atoms with Crippen LogP contribution in [-0.4, -0.2) is 41.1 Å². The molecule has 0 saturated carbocycles. The maximum absolute atomic E-state index is 12.9. The minimum atomic E-state index is -0.725. The Morgan fingerprint density at radius 1 is 1.27 bits per heavy atom. The third kappa shape index (κ3) is 5.12. The zero-order chi connectivity index (χ0) is 18.9. The number of carbonyl (C=O) groups is 2. The van der Waals surface area contributed by atoms with Crippen LogP contribution in [0.2, 0.25) is 0 Å². The van der Waals surface area contributed by atoms with E-state index >= 15 is 0 Å². The maximum atomic E-state index is 12.9. The van der Waals surface area contributed by atoms with Crippen LogP contribution < -0.4 is 5.32 Å². The number of ether oxygens (including phenoxy) is 1. The van der Waals surface area contributed by atoms with Gasteiger partial charge < -0.3 is 10.1 Å². The number of nitriles is 1. The number of amides is 2. The first-order valence-electron chi connectivity index (χ1n) is 9.02. The molecule has 0 radical (unpaired) electrons. The summed E-state index contributed by atoms with van der Waals surface area (Å²) in [6, 6.07) is 8.63. The lowest BCUT2D eigenvalue weighted by Crippen LogP contribution is -2.57. The molecule has 1 heterocycles. The van der Waals surface area contributed by atoms with E-state index in [1.165, 1.54) is 10.0 Å². The first-order chi connectivity index (χ1) is 12.6. The van der Waals surface area contributed by atoms with Gasteiger partial charge in [0.05, 0.1) is 6.54 Å². The highest BCUT2D eigenvalue weighted by Crippen LogP contribution is 2.16. The Labute approximate surface area is 154 Å². The van der Waals surface area contributed by atoms with Gasteiger partial charge >= 0.3 is 6.09 Å². The van der Waals surface area contributed by atoms with Crippen LogP contribution in [-0.2, 0) is 16.1 Å². The molecule has 1 aliphatic heterocycles. The zero-order valence-electron chi connectivity index (χ0n) is 15.4. The molecule has 0 aliphatic carbocycles. The van der Waals surface area contributed by atoms with Gasteiger partial charge in [-0.15, -0.1) is 0 Å². The smallest absolute Gasteiger partial charge is 0.408 e. The molecule has 140 valence electrons. The monoisotopic (exact) mass is 358 g/mol. The van der Waals surface area contributed by atoms with Crippen LogP contribution >= 0.6 is 0 Å². The highest BCUT2D eigenvalue weighted by Gasteiger charge is 2.34. The Kier molecular flexibility index (Phi) is 7.27. The van der Waals surface area contributed by atoms with E-state index in [1.807, 2.05) is 50.4 Å². The van der Waals surface area contributed by atoms with Crippen molar-refractivity contribution in [2.75, 3.05) is 13.1 Å². The van der Waals surface area contributed by atoms with Crippen LogP contribution in [0.15, 0.2) is 30.3 Å². The quantitative estimate of drug-likeness (QED) is 0.790. The van der Waals surface area contributed by atoms with Crippen molar-refractivity contribution < 1.29 is 14.3 Å². The van der Waals surface area contributed by atoms with Crippen molar-refractivity contribution in [1.29, 1.82) is 5.26 Å². The lowest BCUT2D eigenvalue weighted by Gasteiger charge is -2.37. The summed E-state index contributed by atoms with van der Waals surface area (Å²) in [7, 11) is 0. The fraction of sp³-hybridized carbons (Fsp3) is 0.526. The van der Waals surface area contributed by atoms with Gasteiger partial charge in [-0.25, -0.2) is 14.8 Å². The summed E-state index contributed by atoms with van der Waals surface area (Å²) in [5.74, 6) is -0.341. The average Bonchev–Trinajstić information content (AvgIpc) is 2.70. The van der Waals surface area contributed by atoms with Gasteiger partial charge in [-0.3, -0.25) is 4.79 Å². The van der Waals surface area contributed by atoms with Crippen LogP contribution in [0, 0.1) is 17.4 Å². The largest absolute Gasteiger partial charge is 0.445 e. The normalized spacial score (nSPS) is 16.3. The molecule has 0 aromatic heterocycles. The summed E-state index contributed by atoms with van der Waals surface area (Å²) in [6.07, 6.45) is 3.84. The van der Waals surface area contributed by atoms with Gasteiger partial charge in [-0.05, 0) is 24.3 Å². The van der Waals surface area contributed by atoms with Crippen molar-refractivity contribution in [2.24, 2.45) is 5.92 Å². The number of carbonyl (C=O) groups excluding carboxylic acids is 2. The first kappa shape index (κ1) is 19.6. The van der Waals surface area contributed by atoms with Gasteiger partial charge in [0.1, 0.15) is 12.6 Å².